The van der Waals surface area contributed by atoms with Crippen molar-refractivity contribution in [2.75, 3.05) is 11.9 Å². The highest BCUT2D eigenvalue weighted by molar-refractivity contribution is 6.36. The maximum atomic E-state index is 12.0. The van der Waals surface area contributed by atoms with Crippen LogP contribution < -0.4 is 10.6 Å². The molecule has 0 aromatic heterocycles. The summed E-state index contributed by atoms with van der Waals surface area (Å²) in [5.41, 5.74) is 0.681. The van der Waals surface area contributed by atoms with Gasteiger partial charge in [0.1, 0.15) is 6.54 Å². The molecule has 9 heteroatoms. The molecule has 2 rings (SSSR count). The molecule has 2 aromatic rings. The molecule has 0 radical (unpaired) electrons. The molecule has 6 nitrogen and oxygen atoms in total. The number of nitrogens with one attached hydrogen (secondary N) is 2. The van der Waals surface area contributed by atoms with Gasteiger partial charge in [-0.15, -0.1) is 0 Å². The van der Waals surface area contributed by atoms with Gasteiger partial charge in [-0.25, -0.2) is 0 Å². The molecule has 0 saturated carbocycles. The second kappa shape index (κ2) is 9.60. The molecule has 2 aromatic carbocycles. The van der Waals surface area contributed by atoms with Crippen molar-refractivity contribution in [2.24, 2.45) is 0 Å². The van der Waals surface area contributed by atoms with E-state index in [1.807, 2.05) is 0 Å². The number of anilines is 1. The van der Waals surface area contributed by atoms with Gasteiger partial charge in [0.05, 0.1) is 10.6 Å². The minimum Gasteiger partial charge on any atom is -0.451 e. The summed E-state index contributed by atoms with van der Waals surface area (Å²) in [6.07, 6.45) is -1.05. The standard InChI is InChI=1S/C18H15Cl3N2O4/c1-10(17(25)23-13-5-2-11(19)3-6-13)27-16(24)9-22-18(26)14-7-4-12(20)8-15(14)21/h2-8,10H,9H2,1H3,(H,22,26)(H,23,25)/t10-/m1/s1. The number of rotatable bonds is 6. The van der Waals surface area contributed by atoms with Crippen LogP contribution in [-0.2, 0) is 14.3 Å². The van der Waals surface area contributed by atoms with E-state index in [-0.39, 0.29) is 10.6 Å². The van der Waals surface area contributed by atoms with Gasteiger partial charge in [-0.3, -0.25) is 14.4 Å². The Kier molecular flexibility index (Phi) is 7.47. The van der Waals surface area contributed by atoms with E-state index in [0.29, 0.717) is 15.7 Å². The van der Waals surface area contributed by atoms with Crippen LogP contribution in [0.25, 0.3) is 0 Å². The van der Waals surface area contributed by atoms with Crippen LogP contribution in [0.1, 0.15) is 17.3 Å². The Labute approximate surface area is 170 Å². The molecular weight excluding hydrogens is 415 g/mol. The first-order valence-corrected chi connectivity index (χ1v) is 8.89. The Bertz CT molecular complexity index is 856. The summed E-state index contributed by atoms with van der Waals surface area (Å²) < 4.78 is 5.00. The van der Waals surface area contributed by atoms with E-state index in [2.05, 4.69) is 10.6 Å². The minimum atomic E-state index is -1.05. The van der Waals surface area contributed by atoms with Crippen molar-refractivity contribution in [1.29, 1.82) is 0 Å². The third kappa shape index (κ3) is 6.43. The summed E-state index contributed by atoms with van der Waals surface area (Å²) in [6.45, 7) is 0.997. The van der Waals surface area contributed by atoms with Gasteiger partial charge in [0.2, 0.25) is 0 Å². The molecule has 0 spiro atoms. The Morgan fingerprint density at radius 1 is 1.00 bits per heavy atom. The van der Waals surface area contributed by atoms with Gasteiger partial charge >= 0.3 is 5.97 Å². The van der Waals surface area contributed by atoms with Crippen LogP contribution in [0.3, 0.4) is 0 Å². The fourth-order valence-electron chi connectivity index (χ4n) is 1.99. The molecule has 0 unspecified atom stereocenters. The van der Waals surface area contributed by atoms with E-state index in [0.717, 1.165) is 0 Å². The first-order valence-electron chi connectivity index (χ1n) is 7.75. The summed E-state index contributed by atoms with van der Waals surface area (Å²) in [5.74, 6) is -1.85. The third-order valence-electron chi connectivity index (χ3n) is 3.36. The van der Waals surface area contributed by atoms with E-state index < -0.39 is 30.4 Å². The lowest BCUT2D eigenvalue weighted by Crippen LogP contribution is -2.35. The first kappa shape index (κ1) is 21.0. The second-order valence-corrected chi connectivity index (χ2v) is 6.72. The van der Waals surface area contributed by atoms with Crippen LogP contribution in [0.15, 0.2) is 42.5 Å². The second-order valence-electron chi connectivity index (χ2n) is 5.44. The van der Waals surface area contributed by atoms with Crippen LogP contribution in [0, 0.1) is 0 Å². The van der Waals surface area contributed by atoms with Crippen molar-refractivity contribution < 1.29 is 19.1 Å². The van der Waals surface area contributed by atoms with E-state index in [1.165, 1.54) is 25.1 Å². The highest BCUT2D eigenvalue weighted by Gasteiger charge is 2.19. The average molecular weight is 430 g/mol. The fraction of sp³-hybridized carbons (Fsp3) is 0.167. The van der Waals surface area contributed by atoms with Crippen molar-refractivity contribution in [3.8, 4) is 0 Å². The molecule has 0 bridgehead atoms. The van der Waals surface area contributed by atoms with Crippen LogP contribution in [0.2, 0.25) is 15.1 Å². The number of amides is 2. The molecule has 0 aliphatic rings. The molecule has 142 valence electrons. The lowest BCUT2D eigenvalue weighted by Gasteiger charge is -2.14. The summed E-state index contributed by atoms with van der Waals surface area (Å²) in [7, 11) is 0. The summed E-state index contributed by atoms with van der Waals surface area (Å²) in [6, 6.07) is 10.8. The molecule has 2 N–H and O–H groups in total. The minimum absolute atomic E-state index is 0.157. The van der Waals surface area contributed by atoms with Crippen molar-refractivity contribution in [3.05, 3.63) is 63.1 Å². The van der Waals surface area contributed by atoms with Crippen molar-refractivity contribution in [1.82, 2.24) is 5.32 Å². The number of carbonyl (C=O) groups excluding carboxylic acids is 3. The number of carbonyl (C=O) groups is 3. The predicted molar refractivity (Wildman–Crippen MR) is 104 cm³/mol. The topological polar surface area (TPSA) is 84.5 Å². The van der Waals surface area contributed by atoms with Gasteiger partial charge < -0.3 is 15.4 Å². The maximum absolute atomic E-state index is 12.0. The molecule has 2 amide bonds. The highest BCUT2D eigenvalue weighted by atomic mass is 35.5. The number of halogens is 3. The zero-order valence-corrected chi connectivity index (χ0v) is 16.4. The number of hydrogen-bond acceptors (Lipinski definition) is 4. The van der Waals surface area contributed by atoms with Crippen LogP contribution >= 0.6 is 34.8 Å². The van der Waals surface area contributed by atoms with E-state index >= 15 is 0 Å². The van der Waals surface area contributed by atoms with Gasteiger partial charge in [0.15, 0.2) is 6.10 Å². The quantitative estimate of drug-likeness (QED) is 0.681. The third-order valence-corrected chi connectivity index (χ3v) is 4.16. The van der Waals surface area contributed by atoms with Crippen LogP contribution in [-0.4, -0.2) is 30.4 Å². The molecular formula is C18H15Cl3N2O4. The van der Waals surface area contributed by atoms with Gasteiger partial charge in [0.25, 0.3) is 11.8 Å². The zero-order valence-electron chi connectivity index (χ0n) is 14.1. The van der Waals surface area contributed by atoms with Crippen molar-refractivity contribution in [3.63, 3.8) is 0 Å². The Balaban J connectivity index is 1.82. The van der Waals surface area contributed by atoms with E-state index in [1.54, 1.807) is 24.3 Å². The molecule has 0 saturated heterocycles. The molecule has 27 heavy (non-hydrogen) atoms. The van der Waals surface area contributed by atoms with E-state index in [4.69, 9.17) is 39.5 Å². The highest BCUT2D eigenvalue weighted by Crippen LogP contribution is 2.20. The van der Waals surface area contributed by atoms with Crippen LogP contribution in [0.5, 0.6) is 0 Å². The molecule has 0 heterocycles. The smallest absolute Gasteiger partial charge is 0.326 e. The Morgan fingerprint density at radius 3 is 2.26 bits per heavy atom. The first-order chi connectivity index (χ1) is 12.8. The lowest BCUT2D eigenvalue weighted by molar-refractivity contribution is -0.152. The zero-order chi connectivity index (χ0) is 20.0. The fourth-order valence-corrected chi connectivity index (χ4v) is 2.61. The van der Waals surface area contributed by atoms with Gasteiger partial charge in [-0.2, -0.15) is 0 Å². The predicted octanol–water partition coefficient (Wildman–Crippen LogP) is 3.95. The number of benzene rings is 2. The van der Waals surface area contributed by atoms with Gasteiger partial charge in [0, 0.05) is 15.7 Å². The Hall–Kier alpha value is -2.28. The number of hydrogen-bond donors (Lipinski definition) is 2. The summed E-state index contributed by atoms with van der Waals surface area (Å²) in [5, 5.41) is 6.03. The average Bonchev–Trinajstić information content (AvgIpc) is 2.61. The normalized spacial score (nSPS) is 11.4. The maximum Gasteiger partial charge on any atom is 0.326 e. The van der Waals surface area contributed by atoms with Crippen molar-refractivity contribution >= 4 is 58.3 Å². The SMILES string of the molecule is C[C@@H](OC(=O)CNC(=O)c1ccc(Cl)cc1Cl)C(=O)Nc1ccc(Cl)cc1. The largest absolute Gasteiger partial charge is 0.451 e. The molecule has 0 aliphatic carbocycles. The van der Waals surface area contributed by atoms with Crippen LogP contribution in [0.4, 0.5) is 5.69 Å². The number of esters is 1. The van der Waals surface area contributed by atoms with Gasteiger partial charge in [-0.1, -0.05) is 34.8 Å². The Morgan fingerprint density at radius 2 is 1.63 bits per heavy atom. The monoisotopic (exact) mass is 428 g/mol. The summed E-state index contributed by atoms with van der Waals surface area (Å²) in [4.78, 5) is 35.9. The van der Waals surface area contributed by atoms with Crippen molar-refractivity contribution in [2.45, 2.75) is 13.0 Å². The number of ether oxygens (including phenoxy) is 1. The van der Waals surface area contributed by atoms with E-state index in [9.17, 15) is 14.4 Å². The lowest BCUT2D eigenvalue weighted by atomic mass is 10.2. The molecule has 0 aliphatic heterocycles. The summed E-state index contributed by atoms with van der Waals surface area (Å²) >= 11 is 17.5. The van der Waals surface area contributed by atoms with Gasteiger partial charge in [-0.05, 0) is 49.4 Å². The molecule has 0 fully saturated rings. The molecule has 1 atom stereocenters.